The molecule has 1 aliphatic heterocycles. The summed E-state index contributed by atoms with van der Waals surface area (Å²) in [6, 6.07) is 3.98. The molecule has 2 aromatic rings. The largest absolute Gasteiger partial charge is 0.457 e. The van der Waals surface area contributed by atoms with Gasteiger partial charge in [0.05, 0.1) is 17.3 Å². The summed E-state index contributed by atoms with van der Waals surface area (Å²) >= 11 is 2.94. The van der Waals surface area contributed by atoms with Crippen LogP contribution in [-0.4, -0.2) is 32.7 Å². The Morgan fingerprint density at radius 1 is 1.23 bits per heavy atom. The number of aliphatic hydroxyl groups excluding tert-OH is 1. The highest BCUT2D eigenvalue weighted by molar-refractivity contribution is 8.01. The molecule has 0 saturated carbocycles. The molecule has 5 nitrogen and oxygen atoms in total. The van der Waals surface area contributed by atoms with Crippen LogP contribution in [0.1, 0.15) is 94.6 Å². The number of carbonyl (C=O) groups excluding carboxylic acids is 2. The Kier molecular flexibility index (Phi) is 8.55. The molecular formula is C28H39NO4S2. The number of hydrogen-bond acceptors (Lipinski definition) is 7. The van der Waals surface area contributed by atoms with E-state index in [4.69, 9.17) is 9.72 Å². The molecule has 0 radical (unpaired) electrons. The molecule has 0 amide bonds. The van der Waals surface area contributed by atoms with Gasteiger partial charge >= 0.3 is 5.97 Å². The number of ether oxygens (including phenoxy) is 1. The van der Waals surface area contributed by atoms with E-state index in [9.17, 15) is 14.7 Å². The van der Waals surface area contributed by atoms with E-state index in [0.29, 0.717) is 18.8 Å². The first-order valence-electron chi connectivity index (χ1n) is 12.4. The lowest BCUT2D eigenvalue weighted by Crippen LogP contribution is -2.52. The maximum atomic E-state index is 13.4. The fraction of sp³-hybridized carbons (Fsp3) is 0.607. The Labute approximate surface area is 218 Å². The zero-order valence-corrected chi connectivity index (χ0v) is 23.9. The van der Waals surface area contributed by atoms with Gasteiger partial charge in [0.1, 0.15) is 5.60 Å². The fourth-order valence-corrected chi connectivity index (χ4v) is 6.64. The molecule has 1 aromatic carbocycles. The predicted octanol–water partition coefficient (Wildman–Crippen LogP) is 6.37. The highest BCUT2D eigenvalue weighted by atomic mass is 32.2. The van der Waals surface area contributed by atoms with Gasteiger partial charge in [-0.2, -0.15) is 0 Å². The van der Waals surface area contributed by atoms with Crippen LogP contribution in [0.3, 0.4) is 0 Å². The summed E-state index contributed by atoms with van der Waals surface area (Å²) in [5, 5.41) is 12.0. The van der Waals surface area contributed by atoms with E-state index in [0.717, 1.165) is 32.3 Å². The van der Waals surface area contributed by atoms with Crippen molar-refractivity contribution in [3.8, 4) is 0 Å². The quantitative estimate of drug-likeness (QED) is 0.324. The number of carbonyl (C=O) groups is 2. The van der Waals surface area contributed by atoms with Crippen molar-refractivity contribution >= 4 is 34.9 Å². The van der Waals surface area contributed by atoms with Gasteiger partial charge in [-0.3, -0.25) is 9.59 Å². The van der Waals surface area contributed by atoms with Crippen LogP contribution in [0.25, 0.3) is 0 Å². The van der Waals surface area contributed by atoms with E-state index in [1.807, 2.05) is 32.9 Å². The maximum absolute atomic E-state index is 13.4. The maximum Gasteiger partial charge on any atom is 0.327 e. The number of cyclic esters (lactones) is 1. The summed E-state index contributed by atoms with van der Waals surface area (Å²) in [5.74, 6) is -0.136. The molecule has 0 spiro atoms. The Morgan fingerprint density at radius 2 is 1.91 bits per heavy atom. The second-order valence-corrected chi connectivity index (χ2v) is 13.3. The van der Waals surface area contributed by atoms with Crippen molar-refractivity contribution in [2.24, 2.45) is 5.92 Å². The Balaban J connectivity index is 1.82. The van der Waals surface area contributed by atoms with Crippen LogP contribution in [0.15, 0.2) is 22.4 Å². The van der Waals surface area contributed by atoms with Gasteiger partial charge in [-0.15, -0.1) is 23.1 Å². The van der Waals surface area contributed by atoms with Gasteiger partial charge in [-0.05, 0) is 53.9 Å². The molecule has 1 aromatic heterocycles. The smallest absolute Gasteiger partial charge is 0.327 e. The SMILES string of the molecule is Cc1cc(SC2C(=O)CC(CCc3csc(C(C)C)n3)(C(C)C)OC2=O)c(C(C)(C)C)cc1CO. The van der Waals surface area contributed by atoms with Crippen molar-refractivity contribution in [3.05, 3.63) is 44.9 Å². The predicted molar refractivity (Wildman–Crippen MR) is 143 cm³/mol. The van der Waals surface area contributed by atoms with Gasteiger partial charge < -0.3 is 9.84 Å². The van der Waals surface area contributed by atoms with Crippen LogP contribution < -0.4 is 0 Å². The standard InChI is InChI=1S/C28H39NO4S2/c1-16(2)25-29-20(15-34-25)9-10-28(17(3)4)13-22(31)24(26(32)33-28)35-23-11-18(5)19(14-30)12-21(23)27(6,7)8/h11-12,15-17,24,30H,9-10,13-14H2,1-8H3. The third kappa shape index (κ3) is 6.17. The minimum Gasteiger partial charge on any atom is -0.457 e. The summed E-state index contributed by atoms with van der Waals surface area (Å²) in [7, 11) is 0. The number of rotatable bonds is 8. The molecule has 2 heterocycles. The molecular weight excluding hydrogens is 478 g/mol. The lowest BCUT2D eigenvalue weighted by molar-refractivity contribution is -0.176. The normalized spacial score (nSPS) is 21.2. The van der Waals surface area contributed by atoms with Crippen molar-refractivity contribution in [2.45, 2.75) is 108 Å². The third-order valence-corrected chi connectivity index (χ3v) is 9.34. The second kappa shape index (κ2) is 10.7. The van der Waals surface area contributed by atoms with Gasteiger partial charge in [-0.1, -0.05) is 54.5 Å². The van der Waals surface area contributed by atoms with Crippen LogP contribution >= 0.6 is 23.1 Å². The first-order chi connectivity index (χ1) is 16.3. The van der Waals surface area contributed by atoms with Crippen LogP contribution in [0.2, 0.25) is 0 Å². The number of nitrogens with zero attached hydrogens (tertiary/aromatic N) is 1. The molecule has 35 heavy (non-hydrogen) atoms. The highest BCUT2D eigenvalue weighted by Gasteiger charge is 2.49. The van der Waals surface area contributed by atoms with E-state index in [1.54, 1.807) is 11.3 Å². The Bertz CT molecular complexity index is 1060. The summed E-state index contributed by atoms with van der Waals surface area (Å²) < 4.78 is 6.12. The van der Waals surface area contributed by atoms with Gasteiger partial charge in [0.2, 0.25) is 0 Å². The van der Waals surface area contributed by atoms with Gasteiger partial charge in [0.15, 0.2) is 11.0 Å². The number of hydrogen-bond donors (Lipinski definition) is 1. The summed E-state index contributed by atoms with van der Waals surface area (Å²) in [4.78, 5) is 32.3. The number of aryl methyl sites for hydroxylation is 2. The molecule has 1 saturated heterocycles. The number of ketones is 1. The number of Topliss-reactive ketones (excluding diaryl/α,β-unsaturated/α-hetero) is 1. The van der Waals surface area contributed by atoms with Crippen molar-refractivity contribution < 1.29 is 19.4 Å². The van der Waals surface area contributed by atoms with Crippen LogP contribution in [-0.2, 0) is 32.8 Å². The zero-order chi connectivity index (χ0) is 26.1. The fourth-order valence-electron chi connectivity index (χ4n) is 4.42. The van der Waals surface area contributed by atoms with Gasteiger partial charge in [0.25, 0.3) is 0 Å². The molecule has 1 aliphatic rings. The summed E-state index contributed by atoms with van der Waals surface area (Å²) in [6.45, 7) is 16.5. The number of benzene rings is 1. The molecule has 7 heteroatoms. The van der Waals surface area contributed by atoms with E-state index in [-0.39, 0.29) is 30.1 Å². The minimum atomic E-state index is -0.880. The Hall–Kier alpha value is -1.70. The van der Waals surface area contributed by atoms with Crippen molar-refractivity contribution in [2.75, 3.05) is 0 Å². The number of aliphatic hydroxyl groups is 1. The molecule has 192 valence electrons. The summed E-state index contributed by atoms with van der Waals surface area (Å²) in [6.07, 6.45) is 1.47. The molecule has 0 bridgehead atoms. The Morgan fingerprint density at radius 3 is 2.43 bits per heavy atom. The van der Waals surface area contributed by atoms with Crippen molar-refractivity contribution in [3.63, 3.8) is 0 Å². The minimum absolute atomic E-state index is 0.0146. The first-order valence-corrected chi connectivity index (χ1v) is 14.1. The molecule has 2 atom stereocenters. The number of aromatic nitrogens is 1. The van der Waals surface area contributed by atoms with E-state index in [1.165, 1.54) is 11.8 Å². The molecule has 2 unspecified atom stereocenters. The monoisotopic (exact) mass is 517 g/mol. The van der Waals surface area contributed by atoms with Gasteiger partial charge in [0, 0.05) is 22.6 Å². The molecule has 1 N–H and O–H groups in total. The number of thiazole rings is 1. The number of esters is 1. The molecule has 0 aliphatic carbocycles. The van der Waals surface area contributed by atoms with Crippen LogP contribution in [0.4, 0.5) is 0 Å². The lowest BCUT2D eigenvalue weighted by atomic mass is 9.79. The molecule has 3 rings (SSSR count). The first kappa shape index (κ1) is 27.9. The average Bonchev–Trinajstić information content (AvgIpc) is 3.23. The van der Waals surface area contributed by atoms with E-state index >= 15 is 0 Å². The summed E-state index contributed by atoms with van der Waals surface area (Å²) in [5.41, 5.74) is 2.80. The van der Waals surface area contributed by atoms with Crippen molar-refractivity contribution in [1.82, 2.24) is 4.98 Å². The van der Waals surface area contributed by atoms with Crippen molar-refractivity contribution in [1.29, 1.82) is 0 Å². The third-order valence-electron chi connectivity index (χ3n) is 6.87. The number of thioether (sulfide) groups is 1. The zero-order valence-electron chi connectivity index (χ0n) is 22.2. The van der Waals surface area contributed by atoms with Crippen LogP contribution in [0, 0.1) is 12.8 Å². The van der Waals surface area contributed by atoms with Crippen LogP contribution in [0.5, 0.6) is 0 Å². The topological polar surface area (TPSA) is 76.5 Å². The van der Waals surface area contributed by atoms with E-state index in [2.05, 4.69) is 40.0 Å². The highest BCUT2D eigenvalue weighted by Crippen LogP contribution is 2.43. The van der Waals surface area contributed by atoms with Gasteiger partial charge in [-0.25, -0.2) is 4.98 Å². The average molecular weight is 518 g/mol. The van der Waals surface area contributed by atoms with E-state index < -0.39 is 16.8 Å². The second-order valence-electron chi connectivity index (χ2n) is 11.3. The lowest BCUT2D eigenvalue weighted by Gasteiger charge is -2.41. The molecule has 1 fully saturated rings.